The van der Waals surface area contributed by atoms with Crippen molar-refractivity contribution >= 4 is 39.9 Å². The molecule has 4 heteroatoms. The number of aryl methyl sites for hydroxylation is 1. The summed E-state index contributed by atoms with van der Waals surface area (Å²) in [6.45, 7) is 1.85. The fraction of sp³-hybridized carbons (Fsp3) is 0.0435. The molecule has 0 unspecified atom stereocenters. The van der Waals surface area contributed by atoms with Crippen LogP contribution in [-0.2, 0) is 0 Å². The number of halogens is 2. The van der Waals surface area contributed by atoms with E-state index in [1.165, 1.54) is 0 Å². The molecule has 0 radical (unpaired) electrons. The van der Waals surface area contributed by atoms with E-state index in [9.17, 15) is 4.79 Å². The molecule has 0 bridgehead atoms. The molecule has 0 spiro atoms. The zero-order valence-corrected chi connectivity index (χ0v) is 16.1. The molecular weight excluding hydrogens is 377 g/mol. The highest BCUT2D eigenvalue weighted by Gasteiger charge is 2.22. The van der Waals surface area contributed by atoms with Crippen LogP contribution in [0.3, 0.4) is 0 Å². The van der Waals surface area contributed by atoms with E-state index < -0.39 is 0 Å². The number of rotatable bonds is 3. The molecule has 0 saturated carbocycles. The quantitative estimate of drug-likeness (QED) is 0.361. The first-order valence-electron chi connectivity index (χ1n) is 8.51. The van der Waals surface area contributed by atoms with Gasteiger partial charge < -0.3 is 0 Å². The van der Waals surface area contributed by atoms with Crippen molar-refractivity contribution in [3.63, 3.8) is 0 Å². The minimum absolute atomic E-state index is 0.0857. The molecular formula is C23H15Cl2NO. The van der Waals surface area contributed by atoms with Crippen LogP contribution in [0.1, 0.15) is 21.6 Å². The lowest BCUT2D eigenvalue weighted by Crippen LogP contribution is -2.08. The molecule has 1 aromatic heterocycles. The largest absolute Gasteiger partial charge is 0.289 e. The average molecular weight is 392 g/mol. The second-order valence-corrected chi connectivity index (χ2v) is 7.13. The molecule has 0 aliphatic heterocycles. The second-order valence-electron chi connectivity index (χ2n) is 6.28. The minimum atomic E-state index is -0.0857. The van der Waals surface area contributed by atoms with Gasteiger partial charge in [-0.2, -0.15) is 0 Å². The Morgan fingerprint density at radius 1 is 0.889 bits per heavy atom. The van der Waals surface area contributed by atoms with Gasteiger partial charge in [0.25, 0.3) is 0 Å². The Hall–Kier alpha value is -2.68. The van der Waals surface area contributed by atoms with Crippen molar-refractivity contribution in [3.8, 4) is 11.1 Å². The number of benzene rings is 3. The summed E-state index contributed by atoms with van der Waals surface area (Å²) < 4.78 is 0. The maximum Gasteiger partial charge on any atom is 0.195 e. The molecule has 132 valence electrons. The lowest BCUT2D eigenvalue weighted by molar-refractivity contribution is 0.103. The van der Waals surface area contributed by atoms with Gasteiger partial charge in [0.1, 0.15) is 0 Å². The maximum atomic E-state index is 13.4. The number of fused-ring (bicyclic) bond motifs is 1. The van der Waals surface area contributed by atoms with Gasteiger partial charge in [0, 0.05) is 37.8 Å². The van der Waals surface area contributed by atoms with Crippen molar-refractivity contribution in [2.45, 2.75) is 6.92 Å². The zero-order chi connectivity index (χ0) is 19.0. The Morgan fingerprint density at radius 3 is 2.33 bits per heavy atom. The standard InChI is InChI=1S/C23H15Cl2NO/c1-14-21(23(27)15-7-3-2-4-8-15)22(17-9-5-6-10-19(17)25)18-13-16(24)11-12-20(18)26-14/h2-13H,1H3. The van der Waals surface area contributed by atoms with Crippen molar-refractivity contribution in [2.75, 3.05) is 0 Å². The molecule has 1 heterocycles. The number of carbonyl (C=O) groups is 1. The number of pyridine rings is 1. The van der Waals surface area contributed by atoms with Crippen LogP contribution in [0.5, 0.6) is 0 Å². The molecule has 3 aromatic carbocycles. The average Bonchev–Trinajstić information content (AvgIpc) is 2.68. The van der Waals surface area contributed by atoms with Gasteiger partial charge in [-0.05, 0) is 31.2 Å². The van der Waals surface area contributed by atoms with Crippen LogP contribution in [0.25, 0.3) is 22.0 Å². The fourth-order valence-corrected chi connectivity index (χ4v) is 3.72. The number of hydrogen-bond donors (Lipinski definition) is 0. The van der Waals surface area contributed by atoms with Gasteiger partial charge in [-0.1, -0.05) is 71.7 Å². The van der Waals surface area contributed by atoms with Crippen LogP contribution in [0.15, 0.2) is 72.8 Å². The molecule has 4 rings (SSSR count). The van der Waals surface area contributed by atoms with Crippen LogP contribution in [0.4, 0.5) is 0 Å². The summed E-state index contributed by atoms with van der Waals surface area (Å²) in [5.41, 5.74) is 4.14. The Labute approximate surface area is 167 Å². The third-order valence-corrected chi connectivity index (χ3v) is 5.10. The summed E-state index contributed by atoms with van der Waals surface area (Å²) >= 11 is 12.8. The molecule has 0 aliphatic carbocycles. The molecule has 2 nitrogen and oxygen atoms in total. The second kappa shape index (κ2) is 7.15. The van der Waals surface area contributed by atoms with Gasteiger partial charge in [0.05, 0.1) is 11.1 Å². The summed E-state index contributed by atoms with van der Waals surface area (Å²) in [4.78, 5) is 18.0. The lowest BCUT2D eigenvalue weighted by Gasteiger charge is -2.16. The van der Waals surface area contributed by atoms with E-state index in [1.807, 2.05) is 61.5 Å². The lowest BCUT2D eigenvalue weighted by atomic mass is 9.90. The monoisotopic (exact) mass is 391 g/mol. The number of aromatic nitrogens is 1. The van der Waals surface area contributed by atoms with Gasteiger partial charge >= 0.3 is 0 Å². The molecule has 0 aliphatic rings. The first-order valence-corrected chi connectivity index (χ1v) is 9.26. The van der Waals surface area contributed by atoms with Crippen LogP contribution in [-0.4, -0.2) is 10.8 Å². The van der Waals surface area contributed by atoms with E-state index in [2.05, 4.69) is 4.98 Å². The Morgan fingerprint density at radius 2 is 1.59 bits per heavy atom. The third-order valence-electron chi connectivity index (χ3n) is 4.53. The number of carbonyl (C=O) groups excluding carboxylic acids is 1. The van der Waals surface area contributed by atoms with Crippen molar-refractivity contribution in [1.82, 2.24) is 4.98 Å². The minimum Gasteiger partial charge on any atom is -0.289 e. The molecule has 0 amide bonds. The summed E-state index contributed by atoms with van der Waals surface area (Å²) in [5, 5.41) is 1.96. The molecule has 0 atom stereocenters. The van der Waals surface area contributed by atoms with Crippen LogP contribution in [0, 0.1) is 6.92 Å². The normalized spacial score (nSPS) is 10.9. The van der Waals surface area contributed by atoms with Gasteiger partial charge in [-0.25, -0.2) is 0 Å². The van der Waals surface area contributed by atoms with Gasteiger partial charge in [0.2, 0.25) is 0 Å². The van der Waals surface area contributed by atoms with Crippen molar-refractivity contribution in [2.24, 2.45) is 0 Å². The summed E-state index contributed by atoms with van der Waals surface area (Å²) in [7, 11) is 0. The molecule has 0 N–H and O–H groups in total. The van der Waals surface area contributed by atoms with Gasteiger partial charge in [0.15, 0.2) is 5.78 Å². The fourth-order valence-electron chi connectivity index (χ4n) is 3.31. The highest BCUT2D eigenvalue weighted by Crippen LogP contribution is 2.38. The summed E-state index contributed by atoms with van der Waals surface area (Å²) in [6.07, 6.45) is 0. The smallest absolute Gasteiger partial charge is 0.195 e. The van der Waals surface area contributed by atoms with Gasteiger partial charge in [-0.15, -0.1) is 0 Å². The van der Waals surface area contributed by atoms with Crippen LogP contribution >= 0.6 is 23.2 Å². The number of ketones is 1. The first kappa shape index (κ1) is 17.7. The number of nitrogens with zero attached hydrogens (tertiary/aromatic N) is 1. The van der Waals surface area contributed by atoms with E-state index in [0.29, 0.717) is 26.9 Å². The predicted octanol–water partition coefficient (Wildman–Crippen LogP) is 6.75. The number of hydrogen-bond acceptors (Lipinski definition) is 2. The van der Waals surface area contributed by atoms with Crippen molar-refractivity contribution < 1.29 is 4.79 Å². The van der Waals surface area contributed by atoms with Gasteiger partial charge in [-0.3, -0.25) is 9.78 Å². The van der Waals surface area contributed by atoms with Crippen LogP contribution < -0.4 is 0 Å². The highest BCUT2D eigenvalue weighted by molar-refractivity contribution is 6.35. The van der Waals surface area contributed by atoms with Crippen molar-refractivity contribution in [1.29, 1.82) is 0 Å². The van der Waals surface area contributed by atoms with E-state index >= 15 is 0 Å². The van der Waals surface area contributed by atoms with Crippen molar-refractivity contribution in [3.05, 3.63) is 99.7 Å². The maximum absolute atomic E-state index is 13.4. The Bertz CT molecular complexity index is 1170. The topological polar surface area (TPSA) is 30.0 Å². The van der Waals surface area contributed by atoms with E-state index in [4.69, 9.17) is 23.2 Å². The molecule has 0 saturated heterocycles. The summed E-state index contributed by atoms with van der Waals surface area (Å²) in [6, 6.07) is 22.2. The summed E-state index contributed by atoms with van der Waals surface area (Å²) in [5.74, 6) is -0.0857. The van der Waals surface area contributed by atoms with E-state index in [-0.39, 0.29) is 5.78 Å². The molecule has 0 fully saturated rings. The Kier molecular flexibility index (Phi) is 4.69. The van der Waals surface area contributed by atoms with E-state index in [1.54, 1.807) is 18.2 Å². The van der Waals surface area contributed by atoms with Crippen LogP contribution in [0.2, 0.25) is 10.0 Å². The molecule has 27 heavy (non-hydrogen) atoms. The zero-order valence-electron chi connectivity index (χ0n) is 14.5. The van der Waals surface area contributed by atoms with E-state index in [0.717, 1.165) is 22.0 Å². The molecule has 4 aromatic rings. The third kappa shape index (κ3) is 3.23. The SMILES string of the molecule is Cc1nc2ccc(Cl)cc2c(-c2ccccc2Cl)c1C(=O)c1ccccc1. The highest BCUT2D eigenvalue weighted by atomic mass is 35.5. The first-order chi connectivity index (χ1) is 13.1. The Balaban J connectivity index is 2.12. The predicted molar refractivity (Wildman–Crippen MR) is 112 cm³/mol.